The molecule has 2 heterocycles. The number of amides is 1. The highest BCUT2D eigenvalue weighted by molar-refractivity contribution is 6.06. The third kappa shape index (κ3) is 4.11. The third-order valence-electron chi connectivity index (χ3n) is 5.61. The van der Waals surface area contributed by atoms with Crippen molar-refractivity contribution in [2.45, 2.75) is 6.92 Å². The van der Waals surface area contributed by atoms with Crippen molar-refractivity contribution in [3.63, 3.8) is 0 Å². The van der Waals surface area contributed by atoms with Crippen LogP contribution in [0, 0.1) is 6.92 Å². The van der Waals surface area contributed by atoms with Gasteiger partial charge in [-0.3, -0.25) is 9.48 Å². The predicted octanol–water partition coefficient (Wildman–Crippen LogP) is 4.89. The normalized spacial score (nSPS) is 11.0. The van der Waals surface area contributed by atoms with E-state index in [2.05, 4.69) is 10.4 Å². The smallest absolute Gasteiger partial charge is 0.339 e. The van der Waals surface area contributed by atoms with Crippen LogP contribution in [0.3, 0.4) is 0 Å². The van der Waals surface area contributed by atoms with E-state index in [4.69, 9.17) is 9.72 Å². The molecule has 0 unspecified atom stereocenters. The van der Waals surface area contributed by atoms with Crippen molar-refractivity contribution in [2.24, 2.45) is 7.05 Å². The number of nitrogens with one attached hydrogen (secondary N) is 1. The number of aryl methyl sites for hydroxylation is 2. The standard InChI is InChI=1S/C27H22N4O3/c1-17-14-25(31(2)30-17)29-26(32)16-34-27(33)22-15-24(28-23-13-6-5-11-21(22)23)20-12-7-9-18-8-3-4-10-19(18)20/h3-15H,16H2,1-2H3,(H,29,32). The molecule has 1 amide bonds. The lowest BCUT2D eigenvalue weighted by atomic mass is 9.99. The molecule has 7 nitrogen and oxygen atoms in total. The van der Waals surface area contributed by atoms with E-state index < -0.39 is 18.5 Å². The number of fused-ring (bicyclic) bond motifs is 2. The van der Waals surface area contributed by atoms with Crippen LogP contribution in [0.4, 0.5) is 5.82 Å². The van der Waals surface area contributed by atoms with Gasteiger partial charge in [0.15, 0.2) is 6.61 Å². The van der Waals surface area contributed by atoms with Gasteiger partial charge in [-0.05, 0) is 29.8 Å². The third-order valence-corrected chi connectivity index (χ3v) is 5.61. The zero-order valence-electron chi connectivity index (χ0n) is 18.8. The second kappa shape index (κ2) is 8.78. The van der Waals surface area contributed by atoms with Crippen molar-refractivity contribution in [3.05, 3.63) is 90.1 Å². The lowest BCUT2D eigenvalue weighted by molar-refractivity contribution is -0.119. The summed E-state index contributed by atoms with van der Waals surface area (Å²) in [7, 11) is 1.73. The van der Waals surface area contributed by atoms with E-state index in [9.17, 15) is 9.59 Å². The molecule has 0 fully saturated rings. The number of hydrogen-bond donors (Lipinski definition) is 1. The van der Waals surface area contributed by atoms with E-state index in [1.54, 1.807) is 23.9 Å². The number of ether oxygens (including phenoxy) is 1. The van der Waals surface area contributed by atoms with E-state index in [0.717, 1.165) is 22.0 Å². The van der Waals surface area contributed by atoms with Crippen molar-refractivity contribution < 1.29 is 14.3 Å². The Morgan fingerprint density at radius 3 is 2.47 bits per heavy atom. The number of anilines is 1. The largest absolute Gasteiger partial charge is 0.452 e. The number of carbonyl (C=O) groups is 2. The zero-order valence-corrected chi connectivity index (χ0v) is 18.8. The average molecular weight is 450 g/mol. The molecule has 0 bridgehead atoms. The molecule has 0 aliphatic rings. The Balaban J connectivity index is 1.46. The van der Waals surface area contributed by atoms with Crippen LogP contribution >= 0.6 is 0 Å². The Hall–Kier alpha value is -4.52. The van der Waals surface area contributed by atoms with Crippen molar-refractivity contribution in [3.8, 4) is 11.3 Å². The van der Waals surface area contributed by atoms with Gasteiger partial charge in [-0.25, -0.2) is 9.78 Å². The number of esters is 1. The van der Waals surface area contributed by atoms with Crippen LogP contribution in [0.15, 0.2) is 78.9 Å². The Bertz CT molecular complexity index is 1550. The molecule has 0 saturated carbocycles. The van der Waals surface area contributed by atoms with Gasteiger partial charge in [0.2, 0.25) is 0 Å². The molecule has 0 spiro atoms. The number of hydrogen-bond acceptors (Lipinski definition) is 5. The van der Waals surface area contributed by atoms with Gasteiger partial charge in [-0.15, -0.1) is 0 Å². The maximum atomic E-state index is 13.1. The number of pyridine rings is 1. The fourth-order valence-electron chi connectivity index (χ4n) is 4.05. The number of benzene rings is 3. The van der Waals surface area contributed by atoms with E-state index in [1.165, 1.54) is 0 Å². The molecule has 168 valence electrons. The highest BCUT2D eigenvalue weighted by atomic mass is 16.5. The molecule has 3 aromatic carbocycles. The molecule has 34 heavy (non-hydrogen) atoms. The van der Waals surface area contributed by atoms with Crippen LogP contribution in [-0.4, -0.2) is 33.2 Å². The first-order valence-corrected chi connectivity index (χ1v) is 10.8. The number of carbonyl (C=O) groups excluding carboxylic acids is 2. The molecular formula is C27H22N4O3. The number of aromatic nitrogens is 3. The minimum absolute atomic E-state index is 0.359. The molecule has 1 N–H and O–H groups in total. The molecule has 0 atom stereocenters. The fourth-order valence-corrected chi connectivity index (χ4v) is 4.05. The maximum absolute atomic E-state index is 13.1. The average Bonchev–Trinajstić information content (AvgIpc) is 3.17. The van der Waals surface area contributed by atoms with Gasteiger partial charge in [-0.2, -0.15) is 5.10 Å². The molecular weight excluding hydrogens is 428 g/mol. The van der Waals surface area contributed by atoms with Crippen molar-refractivity contribution in [1.82, 2.24) is 14.8 Å². The molecule has 0 aliphatic carbocycles. The Morgan fingerprint density at radius 1 is 0.941 bits per heavy atom. The summed E-state index contributed by atoms with van der Waals surface area (Å²) in [6.07, 6.45) is 0. The number of nitrogens with zero attached hydrogens (tertiary/aromatic N) is 3. The minimum atomic E-state index is -0.587. The van der Waals surface area contributed by atoms with Crippen LogP contribution in [0.25, 0.3) is 32.9 Å². The summed E-state index contributed by atoms with van der Waals surface area (Å²) in [4.78, 5) is 30.3. The molecule has 7 heteroatoms. The summed E-state index contributed by atoms with van der Waals surface area (Å²) < 4.78 is 6.94. The molecule has 5 aromatic rings. The second-order valence-electron chi connectivity index (χ2n) is 8.02. The summed E-state index contributed by atoms with van der Waals surface area (Å²) in [5.41, 5.74) is 3.39. The van der Waals surface area contributed by atoms with Crippen LogP contribution < -0.4 is 5.32 Å². The van der Waals surface area contributed by atoms with Gasteiger partial charge >= 0.3 is 5.97 Å². The minimum Gasteiger partial charge on any atom is -0.452 e. The SMILES string of the molecule is Cc1cc(NC(=O)COC(=O)c2cc(-c3cccc4ccccc34)nc3ccccc23)n(C)n1. The van der Waals surface area contributed by atoms with Crippen LogP contribution in [0.2, 0.25) is 0 Å². The number of para-hydroxylation sites is 1. The highest BCUT2D eigenvalue weighted by Gasteiger charge is 2.18. The molecule has 5 rings (SSSR count). The zero-order chi connectivity index (χ0) is 23.7. The van der Waals surface area contributed by atoms with E-state index in [1.807, 2.05) is 73.7 Å². The topological polar surface area (TPSA) is 86.1 Å². The Labute approximate surface area is 196 Å². The van der Waals surface area contributed by atoms with E-state index in [-0.39, 0.29) is 0 Å². The van der Waals surface area contributed by atoms with Crippen LogP contribution in [0.5, 0.6) is 0 Å². The molecule has 0 radical (unpaired) electrons. The van der Waals surface area contributed by atoms with Gasteiger partial charge < -0.3 is 10.1 Å². The van der Waals surface area contributed by atoms with Gasteiger partial charge in [0, 0.05) is 24.1 Å². The van der Waals surface area contributed by atoms with Crippen molar-refractivity contribution in [2.75, 3.05) is 11.9 Å². The first-order chi connectivity index (χ1) is 16.5. The monoisotopic (exact) mass is 450 g/mol. The van der Waals surface area contributed by atoms with Crippen LogP contribution in [0.1, 0.15) is 16.1 Å². The van der Waals surface area contributed by atoms with E-state index >= 15 is 0 Å². The fraction of sp³-hybridized carbons (Fsp3) is 0.111. The van der Waals surface area contributed by atoms with Gasteiger partial charge in [-0.1, -0.05) is 60.7 Å². The predicted molar refractivity (Wildman–Crippen MR) is 132 cm³/mol. The molecule has 2 aromatic heterocycles. The Morgan fingerprint density at radius 2 is 1.68 bits per heavy atom. The summed E-state index contributed by atoms with van der Waals surface area (Å²) in [6, 6.07) is 24.9. The van der Waals surface area contributed by atoms with Crippen molar-refractivity contribution in [1.29, 1.82) is 0 Å². The van der Waals surface area contributed by atoms with E-state index in [0.29, 0.717) is 28.0 Å². The van der Waals surface area contributed by atoms with Crippen LogP contribution in [-0.2, 0) is 16.6 Å². The first kappa shape index (κ1) is 21.3. The molecule has 0 saturated heterocycles. The van der Waals surface area contributed by atoms with Crippen molar-refractivity contribution >= 4 is 39.4 Å². The summed E-state index contributed by atoms with van der Waals surface area (Å²) in [5, 5.41) is 9.68. The summed E-state index contributed by atoms with van der Waals surface area (Å²) in [5.74, 6) is -0.494. The Kier molecular flexibility index (Phi) is 5.51. The maximum Gasteiger partial charge on any atom is 0.339 e. The lowest BCUT2D eigenvalue weighted by Gasteiger charge is -2.12. The summed E-state index contributed by atoms with van der Waals surface area (Å²) >= 11 is 0. The molecule has 0 aliphatic heterocycles. The second-order valence-corrected chi connectivity index (χ2v) is 8.02. The van der Waals surface area contributed by atoms with Gasteiger partial charge in [0.25, 0.3) is 5.91 Å². The number of rotatable bonds is 5. The quantitative estimate of drug-likeness (QED) is 0.385. The van der Waals surface area contributed by atoms with Gasteiger partial charge in [0.1, 0.15) is 5.82 Å². The lowest BCUT2D eigenvalue weighted by Crippen LogP contribution is -2.22. The first-order valence-electron chi connectivity index (χ1n) is 10.8. The van der Waals surface area contributed by atoms with Gasteiger partial charge in [0.05, 0.1) is 22.5 Å². The highest BCUT2D eigenvalue weighted by Crippen LogP contribution is 2.30. The summed E-state index contributed by atoms with van der Waals surface area (Å²) in [6.45, 7) is 1.42.